The molecule has 2 aromatic carbocycles. The van der Waals surface area contributed by atoms with Crippen LogP contribution in [0.4, 0.5) is 22.0 Å². The van der Waals surface area contributed by atoms with Gasteiger partial charge in [-0.05, 0) is 58.7 Å². The van der Waals surface area contributed by atoms with Crippen LogP contribution in [0.2, 0.25) is 0 Å². The van der Waals surface area contributed by atoms with Crippen LogP contribution >= 0.6 is 0 Å². The van der Waals surface area contributed by atoms with Crippen LogP contribution in [0.3, 0.4) is 0 Å². The van der Waals surface area contributed by atoms with E-state index in [-0.39, 0.29) is 29.2 Å². The monoisotopic (exact) mass is 545 g/mol. The number of hydrogen-bond acceptors (Lipinski definition) is 4. The second kappa shape index (κ2) is 9.92. The van der Waals surface area contributed by atoms with Crippen molar-refractivity contribution in [3.63, 3.8) is 0 Å². The second-order valence-corrected chi connectivity index (χ2v) is 9.00. The van der Waals surface area contributed by atoms with Crippen LogP contribution < -0.4 is 4.68 Å². The van der Waals surface area contributed by atoms with Crippen molar-refractivity contribution < 1.29 is 26.6 Å². The lowest BCUT2D eigenvalue weighted by atomic mass is 9.97. The summed E-state index contributed by atoms with van der Waals surface area (Å²) in [5.74, 6) is -1.82. The molecule has 0 atom stereocenters. The van der Waals surface area contributed by atoms with E-state index in [4.69, 9.17) is 0 Å². The third-order valence-electron chi connectivity index (χ3n) is 6.36. The van der Waals surface area contributed by atoms with Crippen LogP contribution in [0, 0.1) is 11.6 Å². The van der Waals surface area contributed by atoms with Gasteiger partial charge < -0.3 is 4.98 Å². The molecule has 0 radical (unpaired) electrons. The normalized spacial score (nSPS) is 11.7. The molecule has 0 fully saturated rings. The highest BCUT2D eigenvalue weighted by atomic mass is 19.4. The van der Waals surface area contributed by atoms with Gasteiger partial charge in [0.15, 0.2) is 11.6 Å². The topological polar surface area (TPSA) is 71.2 Å². The molecule has 4 aromatic heterocycles. The van der Waals surface area contributed by atoms with Gasteiger partial charge in [-0.3, -0.25) is 9.97 Å². The lowest BCUT2D eigenvalue weighted by molar-refractivity contribution is -0.745. The molecule has 0 spiro atoms. The number of nitrogens with one attached hydrogen (secondary N) is 1. The summed E-state index contributed by atoms with van der Waals surface area (Å²) < 4.78 is 71.3. The smallest absolute Gasteiger partial charge is 0.333 e. The number of benzene rings is 2. The summed E-state index contributed by atoms with van der Waals surface area (Å²) in [6.45, 7) is 0.263. The maximum Gasteiger partial charge on any atom is 0.417 e. The number of pyridine rings is 2. The maximum absolute atomic E-state index is 14.2. The summed E-state index contributed by atoms with van der Waals surface area (Å²) in [7, 11) is 0. The Morgan fingerprint density at radius 2 is 1.68 bits per heavy atom. The van der Waals surface area contributed by atoms with Crippen molar-refractivity contribution in [2.24, 2.45) is 0 Å². The first kappa shape index (κ1) is 25.2. The Hall–Kier alpha value is -5.06. The zero-order valence-corrected chi connectivity index (χ0v) is 20.5. The number of halogens is 5. The molecule has 6 rings (SSSR count). The van der Waals surface area contributed by atoms with Crippen molar-refractivity contribution >= 4 is 11.0 Å². The number of imidazole rings is 1. The summed E-state index contributed by atoms with van der Waals surface area (Å²) in [6, 6.07) is 14.5. The van der Waals surface area contributed by atoms with Crippen LogP contribution in [0.15, 0.2) is 91.6 Å². The molecule has 0 unspecified atom stereocenters. The van der Waals surface area contributed by atoms with E-state index in [9.17, 15) is 22.0 Å². The Labute approximate surface area is 223 Å². The molecule has 6 nitrogen and oxygen atoms in total. The first-order valence-corrected chi connectivity index (χ1v) is 12.0. The molecule has 198 valence electrons. The van der Waals surface area contributed by atoms with Gasteiger partial charge >= 0.3 is 6.18 Å². The molecule has 11 heteroatoms. The number of hydrogen-bond donors (Lipinski definition) is 1. The van der Waals surface area contributed by atoms with E-state index in [1.807, 2.05) is 0 Å². The minimum absolute atomic E-state index is 0.00502. The number of fused-ring (bicyclic) bond motifs is 1. The Morgan fingerprint density at radius 3 is 2.42 bits per heavy atom. The number of aromatic amines is 1. The average molecular weight is 545 g/mol. The Morgan fingerprint density at radius 1 is 0.850 bits per heavy atom. The van der Waals surface area contributed by atoms with Crippen LogP contribution in [0.25, 0.3) is 44.8 Å². The third kappa shape index (κ3) is 4.89. The SMILES string of the molecule is Fc1cccc(-c2nc3cn[n+](Cc4ccc(-c5ccc(-c6ccncc6)cc5C(F)(F)F)nc4)cc3[nH]2)c1F. The van der Waals surface area contributed by atoms with Crippen molar-refractivity contribution in [2.75, 3.05) is 0 Å². The summed E-state index contributed by atoms with van der Waals surface area (Å²) in [5, 5.41) is 4.30. The highest BCUT2D eigenvalue weighted by Gasteiger charge is 2.34. The average Bonchev–Trinajstić information content (AvgIpc) is 3.38. The van der Waals surface area contributed by atoms with E-state index in [2.05, 4.69) is 25.0 Å². The molecule has 1 N–H and O–H groups in total. The molecule has 0 aliphatic rings. The second-order valence-electron chi connectivity index (χ2n) is 9.00. The summed E-state index contributed by atoms with van der Waals surface area (Å²) >= 11 is 0. The first-order chi connectivity index (χ1) is 19.3. The molecule has 6 aromatic rings. The van der Waals surface area contributed by atoms with Crippen molar-refractivity contribution in [3.8, 4) is 33.8 Å². The van der Waals surface area contributed by atoms with Gasteiger partial charge in [0.05, 0.1) is 16.8 Å². The highest BCUT2D eigenvalue weighted by Crippen LogP contribution is 2.39. The molecule has 40 heavy (non-hydrogen) atoms. The fourth-order valence-electron chi connectivity index (χ4n) is 4.40. The minimum Gasteiger partial charge on any atom is -0.333 e. The van der Waals surface area contributed by atoms with E-state index in [0.29, 0.717) is 27.7 Å². The van der Waals surface area contributed by atoms with Crippen LogP contribution in [-0.4, -0.2) is 25.0 Å². The summed E-state index contributed by atoms with van der Waals surface area (Å²) in [6.07, 6.45) is 3.09. The lowest BCUT2D eigenvalue weighted by Gasteiger charge is -2.14. The van der Waals surface area contributed by atoms with Gasteiger partial charge in [-0.1, -0.05) is 22.9 Å². The lowest BCUT2D eigenvalue weighted by Crippen LogP contribution is -2.37. The molecule has 0 saturated carbocycles. The number of aromatic nitrogens is 6. The predicted octanol–water partition coefficient (Wildman–Crippen LogP) is 6.38. The van der Waals surface area contributed by atoms with Crippen molar-refractivity contribution in [3.05, 3.63) is 114 Å². The van der Waals surface area contributed by atoms with Gasteiger partial charge in [0, 0.05) is 29.7 Å². The fraction of sp³-hybridized carbons (Fsp3) is 0.0690. The van der Waals surface area contributed by atoms with Gasteiger partial charge in [-0.2, -0.15) is 13.2 Å². The number of rotatable bonds is 5. The van der Waals surface area contributed by atoms with Crippen molar-refractivity contribution in [1.29, 1.82) is 0 Å². The van der Waals surface area contributed by atoms with Gasteiger partial charge in [0.1, 0.15) is 23.1 Å². The van der Waals surface area contributed by atoms with Gasteiger partial charge in [-0.15, -0.1) is 0 Å². The van der Waals surface area contributed by atoms with Gasteiger partial charge in [0.25, 0.3) is 0 Å². The fourth-order valence-corrected chi connectivity index (χ4v) is 4.40. The highest BCUT2D eigenvalue weighted by molar-refractivity contribution is 5.77. The Balaban J connectivity index is 1.26. The molecule has 0 aliphatic heterocycles. The number of H-pyrrole nitrogens is 1. The molecule has 0 saturated heterocycles. The van der Waals surface area contributed by atoms with Crippen LogP contribution in [-0.2, 0) is 12.7 Å². The molecule has 0 aliphatic carbocycles. The third-order valence-corrected chi connectivity index (χ3v) is 6.36. The van der Waals surface area contributed by atoms with Crippen LogP contribution in [0.1, 0.15) is 11.1 Å². The first-order valence-electron chi connectivity index (χ1n) is 12.0. The molecule has 4 heterocycles. The quantitative estimate of drug-likeness (QED) is 0.202. The molecular weight excluding hydrogens is 527 g/mol. The zero-order chi connectivity index (χ0) is 27.9. The number of nitrogens with zero attached hydrogens (tertiary/aromatic N) is 5. The predicted molar refractivity (Wildman–Crippen MR) is 136 cm³/mol. The largest absolute Gasteiger partial charge is 0.417 e. The van der Waals surface area contributed by atoms with Gasteiger partial charge in [-0.25, -0.2) is 13.8 Å². The standard InChI is InChI=1S/C29H17F5N6/c30-23-3-1-2-21(27(23)31)28-38-25-14-37-40(16-26(25)39-28)15-17-4-7-24(36-13-17)20-6-5-19(12-22(20)29(32,33)34)18-8-10-35-11-9-18/h1-14,16H,15H2/p+1. The Bertz CT molecular complexity index is 1830. The van der Waals surface area contributed by atoms with Crippen molar-refractivity contribution in [2.45, 2.75) is 12.7 Å². The molecular formula is C29H18F5N6+. The van der Waals surface area contributed by atoms with E-state index < -0.39 is 23.4 Å². The van der Waals surface area contributed by atoms with Crippen molar-refractivity contribution in [1.82, 2.24) is 25.0 Å². The summed E-state index contributed by atoms with van der Waals surface area (Å²) in [5.41, 5.74) is 2.11. The van der Waals surface area contributed by atoms with Gasteiger partial charge in [0.2, 0.25) is 12.7 Å². The van der Waals surface area contributed by atoms with E-state index in [1.165, 1.54) is 49.1 Å². The molecule has 0 amide bonds. The number of alkyl halides is 3. The zero-order valence-electron chi connectivity index (χ0n) is 20.5. The van der Waals surface area contributed by atoms with E-state index in [1.54, 1.807) is 35.1 Å². The van der Waals surface area contributed by atoms with E-state index >= 15 is 0 Å². The Kier molecular flexibility index (Phi) is 6.25. The maximum atomic E-state index is 14.2. The molecule has 0 bridgehead atoms. The van der Waals surface area contributed by atoms with E-state index in [0.717, 1.165) is 12.1 Å². The minimum atomic E-state index is -4.58. The van der Waals surface area contributed by atoms with Crippen LogP contribution in [0.5, 0.6) is 0 Å². The summed E-state index contributed by atoms with van der Waals surface area (Å²) in [4.78, 5) is 15.5.